The van der Waals surface area contributed by atoms with Crippen molar-refractivity contribution in [1.29, 1.82) is 0 Å². The predicted octanol–water partition coefficient (Wildman–Crippen LogP) is 0.353. The van der Waals surface area contributed by atoms with Crippen molar-refractivity contribution in [3.8, 4) is 0 Å². The zero-order chi connectivity index (χ0) is 11.0. The van der Waals surface area contributed by atoms with Gasteiger partial charge in [0.05, 0.1) is 0 Å². The molecule has 0 saturated heterocycles. The highest BCUT2D eigenvalue weighted by atomic mass is 35.5. The molecular weight excluding hydrogens is 236 g/mol. The predicted molar refractivity (Wildman–Crippen MR) is 65.1 cm³/mol. The van der Waals surface area contributed by atoms with Crippen LogP contribution in [0.1, 0.15) is 12.8 Å². The lowest BCUT2D eigenvalue weighted by Gasteiger charge is -2.24. The second-order valence-electron chi connectivity index (χ2n) is 3.18. The van der Waals surface area contributed by atoms with E-state index in [1.807, 2.05) is 0 Å². The molecule has 1 unspecified atom stereocenters. The molecule has 0 amide bonds. The molecule has 0 aliphatic rings. The lowest BCUT2D eigenvalue weighted by molar-refractivity contribution is 0.122. The van der Waals surface area contributed by atoms with E-state index in [1.165, 1.54) is 0 Å². The van der Waals surface area contributed by atoms with Gasteiger partial charge in [0.2, 0.25) is 0 Å². The SMILES string of the molecule is CO[Si](CCCC(N)CN)(OC)OC.Cl. The van der Waals surface area contributed by atoms with Crippen LogP contribution in [-0.2, 0) is 13.3 Å². The highest BCUT2D eigenvalue weighted by Gasteiger charge is 2.36. The molecule has 94 valence electrons. The molecule has 0 aliphatic heterocycles. The first-order valence-corrected chi connectivity index (χ1v) is 6.68. The summed E-state index contributed by atoms with van der Waals surface area (Å²) in [6.07, 6.45) is 1.79. The third kappa shape index (κ3) is 6.47. The van der Waals surface area contributed by atoms with Gasteiger partial charge in [-0.3, -0.25) is 0 Å². The van der Waals surface area contributed by atoms with E-state index in [-0.39, 0.29) is 18.4 Å². The summed E-state index contributed by atoms with van der Waals surface area (Å²) in [5.74, 6) is 0. The van der Waals surface area contributed by atoms with Gasteiger partial charge >= 0.3 is 8.80 Å². The summed E-state index contributed by atoms with van der Waals surface area (Å²) in [5, 5.41) is 0. The van der Waals surface area contributed by atoms with E-state index in [2.05, 4.69) is 0 Å². The minimum Gasteiger partial charge on any atom is -0.377 e. The zero-order valence-electron chi connectivity index (χ0n) is 9.69. The smallest absolute Gasteiger partial charge is 0.377 e. The van der Waals surface area contributed by atoms with Crippen LogP contribution >= 0.6 is 12.4 Å². The van der Waals surface area contributed by atoms with E-state index in [0.717, 1.165) is 18.9 Å². The van der Waals surface area contributed by atoms with Crippen LogP contribution in [0.15, 0.2) is 0 Å². The van der Waals surface area contributed by atoms with Crippen LogP contribution in [0.4, 0.5) is 0 Å². The fourth-order valence-corrected chi connectivity index (χ4v) is 3.00. The van der Waals surface area contributed by atoms with Gasteiger partial charge in [-0.2, -0.15) is 0 Å². The molecule has 7 heteroatoms. The highest BCUT2D eigenvalue weighted by Crippen LogP contribution is 2.16. The van der Waals surface area contributed by atoms with Crippen LogP contribution in [0.25, 0.3) is 0 Å². The van der Waals surface area contributed by atoms with Crippen molar-refractivity contribution in [3.05, 3.63) is 0 Å². The van der Waals surface area contributed by atoms with Crippen LogP contribution in [0, 0.1) is 0 Å². The Morgan fingerprint density at radius 3 is 1.93 bits per heavy atom. The van der Waals surface area contributed by atoms with Gasteiger partial charge in [0.1, 0.15) is 0 Å². The minimum atomic E-state index is -2.39. The molecule has 0 aromatic rings. The zero-order valence-corrected chi connectivity index (χ0v) is 11.5. The molecule has 1 atom stereocenters. The normalized spacial score (nSPS) is 13.4. The highest BCUT2D eigenvalue weighted by molar-refractivity contribution is 6.60. The molecule has 0 aliphatic carbocycles. The number of rotatable bonds is 8. The van der Waals surface area contributed by atoms with Crippen molar-refractivity contribution in [2.75, 3.05) is 27.9 Å². The molecule has 0 saturated carbocycles. The molecule has 0 heterocycles. The van der Waals surface area contributed by atoms with Crippen LogP contribution < -0.4 is 11.5 Å². The summed E-state index contributed by atoms with van der Waals surface area (Å²) < 4.78 is 15.8. The summed E-state index contributed by atoms with van der Waals surface area (Å²) in [6, 6.07) is 0.844. The summed E-state index contributed by atoms with van der Waals surface area (Å²) in [4.78, 5) is 0. The molecule has 0 fully saturated rings. The molecule has 0 radical (unpaired) electrons. The molecule has 0 aromatic heterocycles. The average molecular weight is 259 g/mol. The van der Waals surface area contributed by atoms with Crippen molar-refractivity contribution < 1.29 is 13.3 Å². The summed E-state index contributed by atoms with van der Waals surface area (Å²) in [5.41, 5.74) is 11.1. The lowest BCUT2D eigenvalue weighted by Crippen LogP contribution is -2.43. The van der Waals surface area contributed by atoms with Gasteiger partial charge in [0.15, 0.2) is 0 Å². The monoisotopic (exact) mass is 258 g/mol. The van der Waals surface area contributed by atoms with E-state index in [4.69, 9.17) is 24.7 Å². The average Bonchev–Trinajstić information content (AvgIpc) is 2.25. The molecule has 0 aromatic carbocycles. The van der Waals surface area contributed by atoms with Gasteiger partial charge in [0, 0.05) is 40.0 Å². The second-order valence-corrected chi connectivity index (χ2v) is 6.27. The number of nitrogens with two attached hydrogens (primary N) is 2. The molecule has 5 nitrogen and oxygen atoms in total. The molecule has 4 N–H and O–H groups in total. The van der Waals surface area contributed by atoms with Gasteiger partial charge < -0.3 is 24.7 Å². The Morgan fingerprint density at radius 1 is 1.13 bits per heavy atom. The van der Waals surface area contributed by atoms with Crippen LogP contribution in [0.2, 0.25) is 6.04 Å². The minimum absolute atomic E-state index is 0. The fraction of sp³-hybridized carbons (Fsp3) is 1.00. The maximum absolute atomic E-state index is 5.69. The topological polar surface area (TPSA) is 79.7 Å². The van der Waals surface area contributed by atoms with Crippen LogP contribution in [-0.4, -0.2) is 42.7 Å². The Bertz CT molecular complexity index is 142. The Kier molecular flexibility index (Phi) is 11.2. The fourth-order valence-electron chi connectivity index (χ4n) is 1.25. The van der Waals surface area contributed by atoms with E-state index in [1.54, 1.807) is 21.3 Å². The number of hydrogen-bond acceptors (Lipinski definition) is 5. The van der Waals surface area contributed by atoms with E-state index in [0.29, 0.717) is 6.54 Å². The van der Waals surface area contributed by atoms with Gasteiger partial charge in [0.25, 0.3) is 0 Å². The Morgan fingerprint density at radius 2 is 1.60 bits per heavy atom. The standard InChI is InChI=1S/C8H22N2O3Si.ClH/c1-11-14(12-2,13-3)6-4-5-8(10)7-9;/h8H,4-7,9-10H2,1-3H3;1H. The van der Waals surface area contributed by atoms with E-state index in [9.17, 15) is 0 Å². The lowest BCUT2D eigenvalue weighted by atomic mass is 10.2. The first-order chi connectivity index (χ1) is 6.64. The third-order valence-corrected chi connectivity index (χ3v) is 5.13. The molecule has 0 rings (SSSR count). The van der Waals surface area contributed by atoms with Crippen molar-refractivity contribution in [1.82, 2.24) is 0 Å². The Hall–Kier alpha value is 0.307. The maximum Gasteiger partial charge on any atom is 0.500 e. The molecule has 15 heavy (non-hydrogen) atoms. The summed E-state index contributed by atoms with van der Waals surface area (Å²) in [7, 11) is 2.45. The maximum atomic E-state index is 5.69. The van der Waals surface area contributed by atoms with Crippen LogP contribution in [0.5, 0.6) is 0 Å². The van der Waals surface area contributed by atoms with Crippen molar-refractivity contribution in [3.63, 3.8) is 0 Å². The van der Waals surface area contributed by atoms with Gasteiger partial charge in [-0.25, -0.2) is 0 Å². The number of halogens is 1. The Balaban J connectivity index is 0. The van der Waals surface area contributed by atoms with Crippen molar-refractivity contribution in [2.45, 2.75) is 24.9 Å². The van der Waals surface area contributed by atoms with E-state index < -0.39 is 8.80 Å². The largest absolute Gasteiger partial charge is 0.500 e. The second kappa shape index (κ2) is 9.53. The Labute approximate surface area is 99.2 Å². The molecule has 0 spiro atoms. The quantitative estimate of drug-likeness (QED) is 0.615. The summed E-state index contributed by atoms with van der Waals surface area (Å²) >= 11 is 0. The van der Waals surface area contributed by atoms with E-state index >= 15 is 0 Å². The third-order valence-electron chi connectivity index (χ3n) is 2.29. The van der Waals surface area contributed by atoms with Gasteiger partial charge in [-0.05, 0) is 12.8 Å². The van der Waals surface area contributed by atoms with Crippen molar-refractivity contribution >= 4 is 21.2 Å². The first-order valence-electron chi connectivity index (χ1n) is 4.75. The molecule has 0 bridgehead atoms. The molecular formula is C8H23ClN2O3Si. The van der Waals surface area contributed by atoms with Gasteiger partial charge in [-0.1, -0.05) is 0 Å². The van der Waals surface area contributed by atoms with Gasteiger partial charge in [-0.15, -0.1) is 12.4 Å². The number of hydrogen-bond donors (Lipinski definition) is 2. The first kappa shape index (κ1) is 17.7. The van der Waals surface area contributed by atoms with Crippen LogP contribution in [0.3, 0.4) is 0 Å². The van der Waals surface area contributed by atoms with Crippen molar-refractivity contribution in [2.24, 2.45) is 11.5 Å². The summed E-state index contributed by atoms with van der Waals surface area (Å²) in [6.45, 7) is 0.515.